The fourth-order valence-electron chi connectivity index (χ4n) is 1.93. The Kier molecular flexibility index (Phi) is 3.98. The van der Waals surface area contributed by atoms with Crippen molar-refractivity contribution in [1.82, 2.24) is 0 Å². The van der Waals surface area contributed by atoms with Crippen molar-refractivity contribution >= 4 is 34.3 Å². The molecule has 6 heteroatoms. The molecule has 20 heavy (non-hydrogen) atoms. The third kappa shape index (κ3) is 2.41. The molecule has 0 radical (unpaired) electrons. The van der Waals surface area contributed by atoms with Gasteiger partial charge in [0.1, 0.15) is 0 Å². The van der Waals surface area contributed by atoms with Crippen LogP contribution in [0.2, 0.25) is 0 Å². The van der Waals surface area contributed by atoms with E-state index in [2.05, 4.69) is 0 Å². The zero-order valence-electron chi connectivity index (χ0n) is 12.3. The highest BCUT2D eigenvalue weighted by Gasteiger charge is 2.31. The summed E-state index contributed by atoms with van der Waals surface area (Å²) in [6.07, 6.45) is 0.209. The Morgan fingerprint density at radius 2 is 1.30 bits per heavy atom. The van der Waals surface area contributed by atoms with Gasteiger partial charge in [0.2, 0.25) is 0 Å². The normalized spacial score (nSPS) is 11.4. The van der Waals surface area contributed by atoms with E-state index in [1.165, 1.54) is 0 Å². The number of anilines is 4. The minimum absolute atomic E-state index is 0.0148. The highest BCUT2D eigenvalue weighted by molar-refractivity contribution is 6.18. The molecule has 0 unspecified atom stereocenters. The number of carbonyl (C=O) groups is 2. The van der Waals surface area contributed by atoms with Gasteiger partial charge in [-0.25, -0.2) is 0 Å². The summed E-state index contributed by atoms with van der Waals surface area (Å²) in [5, 5.41) is 0. The van der Waals surface area contributed by atoms with Crippen LogP contribution in [0.4, 0.5) is 22.7 Å². The lowest BCUT2D eigenvalue weighted by Crippen LogP contribution is -2.25. The number of nitrogens with two attached hydrogens (primary N) is 4. The van der Waals surface area contributed by atoms with Gasteiger partial charge in [0.25, 0.3) is 0 Å². The number of rotatable bonds is 3. The van der Waals surface area contributed by atoms with Crippen LogP contribution in [0, 0.1) is 5.41 Å². The molecule has 8 N–H and O–H groups in total. The van der Waals surface area contributed by atoms with Gasteiger partial charge in [-0.15, -0.1) is 0 Å². The van der Waals surface area contributed by atoms with Gasteiger partial charge in [-0.3, -0.25) is 9.59 Å². The first-order chi connectivity index (χ1) is 9.03. The van der Waals surface area contributed by atoms with Crippen molar-refractivity contribution in [3.8, 4) is 0 Å². The fourth-order valence-corrected chi connectivity index (χ4v) is 1.93. The number of benzene rings is 1. The second-order valence-electron chi connectivity index (χ2n) is 5.76. The predicted octanol–water partition coefficient (Wildman–Crippen LogP) is 1.84. The van der Waals surface area contributed by atoms with Crippen LogP contribution in [-0.2, 0) is 0 Å². The number of carbonyl (C=O) groups excluding carboxylic acids is 2. The molecule has 0 aliphatic heterocycles. The maximum Gasteiger partial charge on any atom is 0.172 e. The maximum absolute atomic E-state index is 12.5. The molecule has 0 aliphatic carbocycles. The molecule has 110 valence electrons. The monoisotopic (exact) mass is 278 g/mol. The van der Waals surface area contributed by atoms with E-state index in [1.807, 2.05) is 0 Å². The van der Waals surface area contributed by atoms with Gasteiger partial charge in [-0.2, -0.15) is 0 Å². The third-order valence-corrected chi connectivity index (χ3v) is 3.17. The van der Waals surface area contributed by atoms with E-state index in [0.29, 0.717) is 0 Å². The summed E-state index contributed by atoms with van der Waals surface area (Å²) in [5.41, 5.74) is 23.1. The molecule has 0 spiro atoms. The first-order valence-electron chi connectivity index (χ1n) is 6.37. The lowest BCUT2D eigenvalue weighted by Gasteiger charge is -2.22. The standard InChI is InChI=1S/C14H22N4O2/c1-5-6(19)7-9(15)8(13(20)14(2,3)4)11(17)12(18)10(7)16/h5,15-18H2,1-4H3. The summed E-state index contributed by atoms with van der Waals surface area (Å²) in [6, 6.07) is 0. The van der Waals surface area contributed by atoms with Crippen molar-refractivity contribution in [2.75, 3.05) is 22.9 Å². The van der Waals surface area contributed by atoms with Crippen molar-refractivity contribution in [3.05, 3.63) is 11.1 Å². The molecule has 0 aromatic heterocycles. The Hall–Kier alpha value is -2.24. The summed E-state index contributed by atoms with van der Waals surface area (Å²) in [4.78, 5) is 24.4. The van der Waals surface area contributed by atoms with E-state index >= 15 is 0 Å². The summed E-state index contributed by atoms with van der Waals surface area (Å²) in [6.45, 7) is 6.89. The second kappa shape index (κ2) is 5.03. The van der Waals surface area contributed by atoms with Crippen LogP contribution in [0.1, 0.15) is 54.8 Å². The third-order valence-electron chi connectivity index (χ3n) is 3.17. The molecule has 0 amide bonds. The minimum Gasteiger partial charge on any atom is -0.397 e. The summed E-state index contributed by atoms with van der Waals surface area (Å²) < 4.78 is 0. The van der Waals surface area contributed by atoms with E-state index in [0.717, 1.165) is 0 Å². The first kappa shape index (κ1) is 15.8. The molecule has 0 bridgehead atoms. The van der Waals surface area contributed by atoms with Crippen LogP contribution in [0.25, 0.3) is 0 Å². The highest BCUT2D eigenvalue weighted by Crippen LogP contribution is 2.39. The zero-order valence-corrected chi connectivity index (χ0v) is 12.3. The number of nitrogen functional groups attached to an aromatic ring is 4. The Bertz CT molecular complexity index is 586. The van der Waals surface area contributed by atoms with Crippen molar-refractivity contribution < 1.29 is 9.59 Å². The van der Waals surface area contributed by atoms with Gasteiger partial charge >= 0.3 is 0 Å². The lowest BCUT2D eigenvalue weighted by molar-refractivity contribution is 0.0860. The van der Waals surface area contributed by atoms with E-state index in [9.17, 15) is 9.59 Å². The number of Topliss-reactive ketones (excluding diaryl/α,β-unsaturated/α-hetero) is 2. The number of ketones is 2. The van der Waals surface area contributed by atoms with Gasteiger partial charge in [-0.05, 0) is 0 Å². The van der Waals surface area contributed by atoms with Crippen LogP contribution in [-0.4, -0.2) is 11.6 Å². The lowest BCUT2D eigenvalue weighted by atomic mass is 9.83. The summed E-state index contributed by atoms with van der Waals surface area (Å²) in [7, 11) is 0. The van der Waals surface area contributed by atoms with E-state index in [4.69, 9.17) is 22.9 Å². The first-order valence-corrected chi connectivity index (χ1v) is 6.37. The summed E-state index contributed by atoms with van der Waals surface area (Å²) >= 11 is 0. The Labute approximate surface area is 118 Å². The SMILES string of the molecule is CCC(=O)c1c(N)c(N)c(N)c(C(=O)C(C)(C)C)c1N. The molecule has 0 saturated carbocycles. The molecular formula is C14H22N4O2. The highest BCUT2D eigenvalue weighted by atomic mass is 16.1. The number of hydrogen-bond acceptors (Lipinski definition) is 6. The molecule has 1 aromatic rings. The van der Waals surface area contributed by atoms with Crippen LogP contribution >= 0.6 is 0 Å². The molecular weight excluding hydrogens is 256 g/mol. The molecule has 1 rings (SSSR count). The maximum atomic E-state index is 12.5. The van der Waals surface area contributed by atoms with Gasteiger partial charge in [0, 0.05) is 11.8 Å². The van der Waals surface area contributed by atoms with Crippen molar-refractivity contribution in [2.24, 2.45) is 5.41 Å². The van der Waals surface area contributed by atoms with Gasteiger partial charge in [0.15, 0.2) is 11.6 Å². The van der Waals surface area contributed by atoms with Crippen LogP contribution in [0.15, 0.2) is 0 Å². The van der Waals surface area contributed by atoms with Gasteiger partial charge < -0.3 is 22.9 Å². The molecule has 6 nitrogen and oxygen atoms in total. The fraction of sp³-hybridized carbons (Fsp3) is 0.429. The van der Waals surface area contributed by atoms with Crippen molar-refractivity contribution in [3.63, 3.8) is 0 Å². The molecule has 0 fully saturated rings. The van der Waals surface area contributed by atoms with E-state index < -0.39 is 5.41 Å². The Morgan fingerprint density at radius 3 is 1.70 bits per heavy atom. The largest absolute Gasteiger partial charge is 0.397 e. The van der Waals surface area contributed by atoms with E-state index in [1.54, 1.807) is 27.7 Å². The minimum atomic E-state index is -0.697. The zero-order chi connectivity index (χ0) is 15.8. The van der Waals surface area contributed by atoms with Crippen molar-refractivity contribution in [1.29, 1.82) is 0 Å². The molecule has 0 heterocycles. The quantitative estimate of drug-likeness (QED) is 0.491. The van der Waals surface area contributed by atoms with Crippen molar-refractivity contribution in [2.45, 2.75) is 34.1 Å². The topological polar surface area (TPSA) is 138 Å². The van der Waals surface area contributed by atoms with Gasteiger partial charge in [-0.1, -0.05) is 27.7 Å². The Morgan fingerprint density at radius 1 is 0.850 bits per heavy atom. The van der Waals surface area contributed by atoms with Crippen LogP contribution < -0.4 is 22.9 Å². The van der Waals surface area contributed by atoms with Crippen LogP contribution in [0.5, 0.6) is 0 Å². The predicted molar refractivity (Wildman–Crippen MR) is 82.5 cm³/mol. The molecule has 0 atom stereocenters. The Balaban J connectivity index is 3.75. The summed E-state index contributed by atoms with van der Waals surface area (Å²) in [5.74, 6) is -0.543. The number of hydrogen-bond donors (Lipinski definition) is 4. The molecule has 1 aromatic carbocycles. The van der Waals surface area contributed by atoms with E-state index in [-0.39, 0.29) is 51.9 Å². The molecule has 0 aliphatic rings. The second-order valence-corrected chi connectivity index (χ2v) is 5.76. The molecule has 0 saturated heterocycles. The average molecular weight is 278 g/mol. The average Bonchev–Trinajstić information content (AvgIpc) is 2.35. The van der Waals surface area contributed by atoms with Crippen LogP contribution in [0.3, 0.4) is 0 Å². The smallest absolute Gasteiger partial charge is 0.172 e. The van der Waals surface area contributed by atoms with Gasteiger partial charge in [0.05, 0.1) is 33.9 Å².